The van der Waals surface area contributed by atoms with Crippen LogP contribution in [0.2, 0.25) is 0 Å². The number of hydrogen-bond donors (Lipinski definition) is 2. The third kappa shape index (κ3) is 2.31. The summed E-state index contributed by atoms with van der Waals surface area (Å²) in [5, 5.41) is 7.73. The lowest BCUT2D eigenvalue weighted by Crippen LogP contribution is -2.09. The maximum Gasteiger partial charge on any atom is 0.151 e. The molecular formula is C15H14N2OS. The van der Waals surface area contributed by atoms with Gasteiger partial charge in [-0.1, -0.05) is 54.2 Å². The average Bonchev–Trinajstić information content (AvgIpc) is 2.57. The number of thioether (sulfide) groups is 1. The smallest absolute Gasteiger partial charge is 0.151 e. The van der Waals surface area contributed by atoms with E-state index in [4.69, 9.17) is 15.9 Å². The number of nitrogens with one attached hydrogen (secondary N) is 1. The second kappa shape index (κ2) is 4.97. The fourth-order valence-corrected chi connectivity index (χ4v) is 3.26. The zero-order valence-electron chi connectivity index (χ0n) is 10.3. The number of fused-ring (bicyclic) bond motifs is 2. The standard InChI is InChI=1S/C15H14N2OS/c16-15(17)19-14-11-6-2-1-5-10(11)9-18-13-8-4-3-7-12(13)14/h1-8,14H,9H2,(H3,16,17). The van der Waals surface area contributed by atoms with E-state index in [2.05, 4.69) is 12.1 Å². The van der Waals surface area contributed by atoms with E-state index in [1.165, 1.54) is 17.3 Å². The Hall–Kier alpha value is -1.94. The van der Waals surface area contributed by atoms with Crippen LogP contribution in [0.3, 0.4) is 0 Å². The van der Waals surface area contributed by atoms with Gasteiger partial charge >= 0.3 is 0 Å². The normalized spacial score (nSPS) is 16.7. The lowest BCUT2D eigenvalue weighted by atomic mass is 10.0. The van der Waals surface area contributed by atoms with E-state index in [0.29, 0.717) is 6.61 Å². The molecule has 1 atom stereocenters. The van der Waals surface area contributed by atoms with Crippen molar-refractivity contribution in [2.45, 2.75) is 11.9 Å². The minimum atomic E-state index is 0.0207. The molecular weight excluding hydrogens is 256 g/mol. The van der Waals surface area contributed by atoms with Gasteiger partial charge in [0.15, 0.2) is 5.17 Å². The predicted molar refractivity (Wildman–Crippen MR) is 78.6 cm³/mol. The summed E-state index contributed by atoms with van der Waals surface area (Å²) in [5.41, 5.74) is 8.99. The molecule has 0 saturated heterocycles. The fourth-order valence-electron chi connectivity index (χ4n) is 2.33. The first-order chi connectivity index (χ1) is 9.25. The van der Waals surface area contributed by atoms with Gasteiger partial charge in [0.25, 0.3) is 0 Å². The number of rotatable bonds is 1. The fraction of sp³-hybridized carbons (Fsp3) is 0.133. The highest BCUT2D eigenvalue weighted by Crippen LogP contribution is 2.43. The van der Waals surface area contributed by atoms with Gasteiger partial charge < -0.3 is 10.5 Å². The molecule has 1 heterocycles. The summed E-state index contributed by atoms with van der Waals surface area (Å²) in [5.74, 6) is 0.873. The van der Waals surface area contributed by atoms with Crippen molar-refractivity contribution >= 4 is 16.9 Å². The summed E-state index contributed by atoms with van der Waals surface area (Å²) in [6.45, 7) is 0.558. The van der Waals surface area contributed by atoms with Crippen molar-refractivity contribution in [3.8, 4) is 5.75 Å². The maximum absolute atomic E-state index is 7.58. The van der Waals surface area contributed by atoms with Crippen molar-refractivity contribution in [3.05, 3.63) is 65.2 Å². The molecule has 3 N–H and O–H groups in total. The second-order valence-electron chi connectivity index (χ2n) is 4.39. The van der Waals surface area contributed by atoms with Gasteiger partial charge in [-0.25, -0.2) is 0 Å². The zero-order chi connectivity index (χ0) is 13.2. The summed E-state index contributed by atoms with van der Waals surface area (Å²) >= 11 is 1.36. The minimum Gasteiger partial charge on any atom is -0.489 e. The molecule has 19 heavy (non-hydrogen) atoms. The number of nitrogens with two attached hydrogens (primary N) is 1. The van der Waals surface area contributed by atoms with Crippen LogP contribution in [0.15, 0.2) is 48.5 Å². The molecule has 0 fully saturated rings. The van der Waals surface area contributed by atoms with Crippen molar-refractivity contribution < 1.29 is 4.74 Å². The van der Waals surface area contributed by atoms with Gasteiger partial charge in [0.1, 0.15) is 12.4 Å². The Morgan fingerprint density at radius 3 is 2.58 bits per heavy atom. The van der Waals surface area contributed by atoms with Gasteiger partial charge in [0.2, 0.25) is 0 Å². The molecule has 0 aromatic heterocycles. The van der Waals surface area contributed by atoms with Crippen LogP contribution in [0.25, 0.3) is 0 Å². The van der Waals surface area contributed by atoms with Crippen molar-refractivity contribution in [2.24, 2.45) is 5.73 Å². The van der Waals surface area contributed by atoms with Crippen LogP contribution in [-0.4, -0.2) is 5.17 Å². The van der Waals surface area contributed by atoms with Crippen LogP contribution in [0, 0.1) is 5.41 Å². The molecule has 1 unspecified atom stereocenters. The van der Waals surface area contributed by atoms with Crippen molar-refractivity contribution in [1.82, 2.24) is 0 Å². The monoisotopic (exact) mass is 270 g/mol. The summed E-state index contributed by atoms with van der Waals surface area (Å²) in [6, 6.07) is 16.1. The Morgan fingerprint density at radius 1 is 1.11 bits per heavy atom. The molecule has 1 aliphatic heterocycles. The Kier molecular flexibility index (Phi) is 3.17. The van der Waals surface area contributed by atoms with Gasteiger partial charge in [-0.2, -0.15) is 0 Å². The van der Waals surface area contributed by atoms with Gasteiger partial charge in [-0.15, -0.1) is 0 Å². The number of ether oxygens (including phenoxy) is 1. The molecule has 2 aromatic rings. The quantitative estimate of drug-likeness (QED) is 0.617. The molecule has 1 aliphatic rings. The highest BCUT2D eigenvalue weighted by Gasteiger charge is 2.25. The molecule has 4 heteroatoms. The number of benzene rings is 2. The Labute approximate surface area is 116 Å². The molecule has 96 valence electrons. The Morgan fingerprint density at radius 2 is 1.79 bits per heavy atom. The zero-order valence-corrected chi connectivity index (χ0v) is 11.1. The van der Waals surface area contributed by atoms with E-state index in [1.807, 2.05) is 36.4 Å². The van der Waals surface area contributed by atoms with Crippen LogP contribution in [-0.2, 0) is 6.61 Å². The lowest BCUT2D eigenvalue weighted by molar-refractivity contribution is 0.307. The number of hydrogen-bond acceptors (Lipinski definition) is 3. The van der Waals surface area contributed by atoms with Crippen molar-refractivity contribution in [1.29, 1.82) is 5.41 Å². The van der Waals surface area contributed by atoms with Gasteiger partial charge in [0.05, 0.1) is 5.25 Å². The van der Waals surface area contributed by atoms with Crippen LogP contribution in [0.1, 0.15) is 21.9 Å². The molecule has 0 bridgehead atoms. The summed E-state index contributed by atoms with van der Waals surface area (Å²) in [7, 11) is 0. The van der Waals surface area contributed by atoms with Gasteiger partial charge in [-0.3, -0.25) is 5.41 Å². The Bertz CT molecular complexity index is 580. The summed E-state index contributed by atoms with van der Waals surface area (Å²) < 4.78 is 5.86. The third-order valence-electron chi connectivity index (χ3n) is 3.17. The number of amidine groups is 1. The van der Waals surface area contributed by atoms with Crippen LogP contribution in [0.4, 0.5) is 0 Å². The highest BCUT2D eigenvalue weighted by atomic mass is 32.2. The average molecular weight is 270 g/mol. The first kappa shape index (κ1) is 12.1. The van der Waals surface area contributed by atoms with E-state index >= 15 is 0 Å². The largest absolute Gasteiger partial charge is 0.489 e. The van der Waals surface area contributed by atoms with Crippen LogP contribution < -0.4 is 10.5 Å². The molecule has 0 radical (unpaired) electrons. The van der Waals surface area contributed by atoms with E-state index in [9.17, 15) is 0 Å². The molecule has 0 amide bonds. The Balaban J connectivity index is 2.16. The van der Waals surface area contributed by atoms with Gasteiger partial charge in [-0.05, 0) is 17.2 Å². The minimum absolute atomic E-state index is 0.0207. The first-order valence-electron chi connectivity index (χ1n) is 6.06. The van der Waals surface area contributed by atoms with E-state index in [0.717, 1.165) is 16.9 Å². The number of para-hydroxylation sites is 1. The van der Waals surface area contributed by atoms with Crippen LogP contribution in [0.5, 0.6) is 5.75 Å². The topological polar surface area (TPSA) is 59.1 Å². The molecule has 3 rings (SSSR count). The third-order valence-corrected chi connectivity index (χ3v) is 4.16. The molecule has 2 aromatic carbocycles. The van der Waals surface area contributed by atoms with E-state index in [1.54, 1.807) is 0 Å². The summed E-state index contributed by atoms with van der Waals surface area (Å²) in [4.78, 5) is 0. The maximum atomic E-state index is 7.58. The first-order valence-corrected chi connectivity index (χ1v) is 6.94. The van der Waals surface area contributed by atoms with E-state index < -0.39 is 0 Å². The van der Waals surface area contributed by atoms with Crippen molar-refractivity contribution in [2.75, 3.05) is 0 Å². The molecule has 0 saturated carbocycles. The lowest BCUT2D eigenvalue weighted by Gasteiger charge is -2.17. The molecule has 0 aliphatic carbocycles. The van der Waals surface area contributed by atoms with Crippen LogP contribution >= 0.6 is 11.8 Å². The molecule has 3 nitrogen and oxygen atoms in total. The summed E-state index contributed by atoms with van der Waals surface area (Å²) in [6.07, 6.45) is 0. The highest BCUT2D eigenvalue weighted by molar-refractivity contribution is 8.14. The van der Waals surface area contributed by atoms with Gasteiger partial charge in [0, 0.05) is 5.56 Å². The molecule has 0 spiro atoms. The van der Waals surface area contributed by atoms with E-state index in [-0.39, 0.29) is 10.4 Å². The second-order valence-corrected chi connectivity index (χ2v) is 5.53. The van der Waals surface area contributed by atoms with Crippen molar-refractivity contribution in [3.63, 3.8) is 0 Å². The predicted octanol–water partition coefficient (Wildman–Crippen LogP) is 3.30. The SMILES string of the molecule is N=C(N)SC1c2ccccc2COc2ccccc21.